The lowest BCUT2D eigenvalue weighted by Gasteiger charge is -2.11. The predicted molar refractivity (Wildman–Crippen MR) is 114 cm³/mol. The third-order valence-electron chi connectivity index (χ3n) is 4.85. The fourth-order valence-corrected chi connectivity index (χ4v) is 3.26. The number of aryl methyl sites for hydroxylation is 1. The first kappa shape index (κ1) is 18.7. The van der Waals surface area contributed by atoms with Crippen molar-refractivity contribution in [3.63, 3.8) is 0 Å². The third-order valence-corrected chi connectivity index (χ3v) is 4.85. The monoisotopic (exact) mass is 409 g/mol. The number of hydrogen-bond donors (Lipinski definition) is 0. The molecule has 0 amide bonds. The van der Waals surface area contributed by atoms with Gasteiger partial charge in [0, 0.05) is 29.7 Å². The number of tetrazole rings is 1. The average Bonchev–Trinajstić information content (AvgIpc) is 3.30. The summed E-state index contributed by atoms with van der Waals surface area (Å²) < 4.78 is 16.4. The number of benzene rings is 2. The van der Waals surface area contributed by atoms with Gasteiger partial charge in [-0.1, -0.05) is 29.8 Å². The summed E-state index contributed by atoms with van der Waals surface area (Å²) in [6, 6.07) is 17.9. The molecule has 8 heteroatoms. The molecule has 150 valence electrons. The van der Waals surface area contributed by atoms with Crippen molar-refractivity contribution < 1.29 is 4.39 Å². The lowest BCUT2D eigenvalue weighted by atomic mass is 10.1. The van der Waals surface area contributed by atoms with Gasteiger partial charge in [0.1, 0.15) is 5.82 Å². The van der Waals surface area contributed by atoms with E-state index in [1.54, 1.807) is 53.6 Å². The first-order chi connectivity index (χ1) is 15.2. The first-order valence-electron chi connectivity index (χ1n) is 9.59. The van der Waals surface area contributed by atoms with Crippen molar-refractivity contribution in [1.82, 2.24) is 35.2 Å². The van der Waals surface area contributed by atoms with Crippen LogP contribution in [-0.2, 0) is 0 Å². The molecule has 31 heavy (non-hydrogen) atoms. The third kappa shape index (κ3) is 3.55. The molecule has 3 heterocycles. The molecule has 5 rings (SSSR count). The normalized spacial score (nSPS) is 10.9. The zero-order valence-electron chi connectivity index (χ0n) is 16.5. The van der Waals surface area contributed by atoms with E-state index in [0.29, 0.717) is 28.5 Å². The Morgan fingerprint density at radius 2 is 1.65 bits per heavy atom. The Balaban J connectivity index is 1.72. The second kappa shape index (κ2) is 7.83. The number of nitrogens with zero attached hydrogens (tertiary/aromatic N) is 7. The van der Waals surface area contributed by atoms with Gasteiger partial charge in [0.05, 0.1) is 16.9 Å². The Hall–Kier alpha value is -4.33. The number of halogens is 1. The van der Waals surface area contributed by atoms with Gasteiger partial charge in [-0.25, -0.2) is 14.4 Å². The molecular formula is C23H16FN7. The topological polar surface area (TPSA) is 82.3 Å². The van der Waals surface area contributed by atoms with E-state index < -0.39 is 5.82 Å². The van der Waals surface area contributed by atoms with Gasteiger partial charge in [-0.2, -0.15) is 4.68 Å². The lowest BCUT2D eigenvalue weighted by molar-refractivity contribution is 0.630. The summed E-state index contributed by atoms with van der Waals surface area (Å²) in [4.78, 5) is 13.2. The SMILES string of the molecule is Cc1ccc(-n2nnnc2-c2cnc(-c3ccncc3)nc2-c2ccccc2F)cc1. The number of hydrogen-bond acceptors (Lipinski definition) is 6. The number of rotatable bonds is 4. The van der Waals surface area contributed by atoms with Gasteiger partial charge in [-0.05, 0) is 53.7 Å². The highest BCUT2D eigenvalue weighted by molar-refractivity contribution is 5.79. The van der Waals surface area contributed by atoms with Crippen LogP contribution >= 0.6 is 0 Å². The van der Waals surface area contributed by atoms with Crippen LogP contribution in [-0.4, -0.2) is 35.2 Å². The molecular weight excluding hydrogens is 393 g/mol. The molecule has 0 N–H and O–H groups in total. The summed E-state index contributed by atoms with van der Waals surface area (Å²) in [5, 5.41) is 12.2. The van der Waals surface area contributed by atoms with Crippen LogP contribution in [0.15, 0.2) is 79.3 Å². The zero-order chi connectivity index (χ0) is 21.2. The number of pyridine rings is 1. The van der Waals surface area contributed by atoms with Crippen molar-refractivity contribution in [3.8, 4) is 39.7 Å². The minimum absolute atomic E-state index is 0.341. The molecule has 2 aromatic carbocycles. The smallest absolute Gasteiger partial charge is 0.190 e. The maximum Gasteiger partial charge on any atom is 0.190 e. The van der Waals surface area contributed by atoms with Crippen LogP contribution in [0.5, 0.6) is 0 Å². The van der Waals surface area contributed by atoms with Crippen LogP contribution in [0.3, 0.4) is 0 Å². The highest BCUT2D eigenvalue weighted by Gasteiger charge is 2.20. The fraction of sp³-hybridized carbons (Fsp3) is 0.0435. The summed E-state index contributed by atoms with van der Waals surface area (Å²) >= 11 is 0. The molecule has 0 unspecified atom stereocenters. The van der Waals surface area contributed by atoms with Gasteiger partial charge >= 0.3 is 0 Å². The summed E-state index contributed by atoms with van der Waals surface area (Å²) in [5.74, 6) is 0.486. The molecule has 3 aromatic heterocycles. The zero-order valence-corrected chi connectivity index (χ0v) is 16.5. The van der Waals surface area contributed by atoms with Crippen molar-refractivity contribution in [1.29, 1.82) is 0 Å². The van der Waals surface area contributed by atoms with Gasteiger partial charge in [0.15, 0.2) is 11.6 Å². The molecule has 0 saturated heterocycles. The molecule has 0 aliphatic heterocycles. The van der Waals surface area contributed by atoms with Crippen molar-refractivity contribution in [3.05, 3.63) is 90.6 Å². The molecule has 0 spiro atoms. The predicted octanol–water partition coefficient (Wildman–Crippen LogP) is 4.30. The van der Waals surface area contributed by atoms with Crippen LogP contribution in [0.25, 0.3) is 39.7 Å². The first-order valence-corrected chi connectivity index (χ1v) is 9.59. The second-order valence-electron chi connectivity index (χ2n) is 6.92. The van der Waals surface area contributed by atoms with Crippen LogP contribution in [0.1, 0.15) is 5.56 Å². The van der Waals surface area contributed by atoms with Crippen molar-refractivity contribution in [2.75, 3.05) is 0 Å². The van der Waals surface area contributed by atoms with Gasteiger partial charge < -0.3 is 0 Å². The summed E-state index contributed by atoms with van der Waals surface area (Å²) in [5.41, 5.74) is 3.95. The summed E-state index contributed by atoms with van der Waals surface area (Å²) in [7, 11) is 0. The summed E-state index contributed by atoms with van der Waals surface area (Å²) in [6.45, 7) is 2.01. The van der Waals surface area contributed by atoms with Crippen LogP contribution in [0, 0.1) is 12.7 Å². The van der Waals surface area contributed by atoms with E-state index in [-0.39, 0.29) is 0 Å². The average molecular weight is 409 g/mol. The molecule has 0 bridgehead atoms. The van der Waals surface area contributed by atoms with E-state index in [9.17, 15) is 4.39 Å². The van der Waals surface area contributed by atoms with Gasteiger partial charge in [-0.3, -0.25) is 4.98 Å². The van der Waals surface area contributed by atoms with Crippen LogP contribution in [0.2, 0.25) is 0 Å². The molecule has 0 aliphatic rings. The molecule has 5 aromatic rings. The molecule has 0 aliphatic carbocycles. The maximum absolute atomic E-state index is 14.8. The molecule has 0 fully saturated rings. The van der Waals surface area contributed by atoms with Crippen molar-refractivity contribution in [2.45, 2.75) is 6.92 Å². The Morgan fingerprint density at radius 3 is 2.42 bits per heavy atom. The minimum atomic E-state index is -0.391. The van der Waals surface area contributed by atoms with E-state index in [1.165, 1.54) is 6.07 Å². The highest BCUT2D eigenvalue weighted by Crippen LogP contribution is 2.32. The van der Waals surface area contributed by atoms with E-state index in [0.717, 1.165) is 16.8 Å². The fourth-order valence-electron chi connectivity index (χ4n) is 3.26. The van der Waals surface area contributed by atoms with Gasteiger partial charge in [0.25, 0.3) is 0 Å². The van der Waals surface area contributed by atoms with Gasteiger partial charge in [0.2, 0.25) is 0 Å². The highest BCUT2D eigenvalue weighted by atomic mass is 19.1. The van der Waals surface area contributed by atoms with Crippen LogP contribution in [0.4, 0.5) is 4.39 Å². The second-order valence-corrected chi connectivity index (χ2v) is 6.92. The lowest BCUT2D eigenvalue weighted by Crippen LogP contribution is -2.04. The van der Waals surface area contributed by atoms with E-state index in [4.69, 9.17) is 4.98 Å². The Kier molecular flexibility index (Phi) is 4.72. The standard InChI is InChI=1S/C23H16FN7/c1-15-6-8-17(9-7-15)31-23(28-29-30-31)19-14-26-22(16-10-12-25-13-11-16)27-21(19)18-4-2-3-5-20(18)24/h2-14H,1H3. The Labute approximate surface area is 177 Å². The Morgan fingerprint density at radius 1 is 0.871 bits per heavy atom. The molecule has 0 saturated carbocycles. The summed E-state index contributed by atoms with van der Waals surface area (Å²) in [6.07, 6.45) is 4.95. The van der Waals surface area contributed by atoms with Gasteiger partial charge in [-0.15, -0.1) is 5.10 Å². The van der Waals surface area contributed by atoms with Crippen molar-refractivity contribution in [2.24, 2.45) is 0 Å². The van der Waals surface area contributed by atoms with Crippen molar-refractivity contribution >= 4 is 0 Å². The molecule has 0 atom stereocenters. The van der Waals surface area contributed by atoms with E-state index in [1.807, 2.05) is 31.2 Å². The quantitative estimate of drug-likeness (QED) is 0.440. The molecule has 0 radical (unpaired) electrons. The number of aromatic nitrogens is 7. The minimum Gasteiger partial charge on any atom is -0.265 e. The molecule has 7 nitrogen and oxygen atoms in total. The maximum atomic E-state index is 14.8. The van der Waals surface area contributed by atoms with E-state index >= 15 is 0 Å². The Bertz CT molecular complexity index is 1350. The van der Waals surface area contributed by atoms with E-state index in [2.05, 4.69) is 25.5 Å². The van der Waals surface area contributed by atoms with Crippen LogP contribution < -0.4 is 0 Å². The largest absolute Gasteiger partial charge is 0.265 e.